The van der Waals surface area contributed by atoms with Gasteiger partial charge in [0.25, 0.3) is 11.5 Å². The highest BCUT2D eigenvalue weighted by atomic mass is 32.1. The standard InChI is InChI=1S/C19H21N3O3S/c1-20-15(4-2-5-16(20)23)17(24)21-9-3-7-19(13-21)8-10-22(18(19)25)14-6-11-26-12-14/h2,4-6,11-12H,3,7-10,13H2,1H3. The summed E-state index contributed by atoms with van der Waals surface area (Å²) < 4.78 is 1.37. The van der Waals surface area contributed by atoms with Crippen LogP contribution in [-0.2, 0) is 11.8 Å². The van der Waals surface area contributed by atoms with Crippen LogP contribution in [0.3, 0.4) is 0 Å². The molecule has 2 aliphatic heterocycles. The van der Waals surface area contributed by atoms with E-state index in [0.29, 0.717) is 25.3 Å². The van der Waals surface area contributed by atoms with Gasteiger partial charge in [0.15, 0.2) is 0 Å². The van der Waals surface area contributed by atoms with E-state index in [4.69, 9.17) is 0 Å². The molecule has 2 aromatic rings. The molecule has 4 heterocycles. The molecule has 0 N–H and O–H groups in total. The van der Waals surface area contributed by atoms with Crippen molar-refractivity contribution < 1.29 is 9.59 Å². The fourth-order valence-corrected chi connectivity index (χ4v) is 4.74. The van der Waals surface area contributed by atoms with E-state index in [-0.39, 0.29) is 17.4 Å². The molecular weight excluding hydrogens is 350 g/mol. The van der Waals surface area contributed by atoms with E-state index in [1.165, 1.54) is 10.6 Å². The third-order valence-corrected chi connectivity index (χ3v) is 6.27. The molecule has 26 heavy (non-hydrogen) atoms. The fraction of sp³-hybridized carbons (Fsp3) is 0.421. The number of aromatic nitrogens is 1. The Balaban J connectivity index is 1.58. The zero-order valence-corrected chi connectivity index (χ0v) is 15.5. The molecule has 2 saturated heterocycles. The van der Waals surface area contributed by atoms with Gasteiger partial charge in [0, 0.05) is 38.1 Å². The third kappa shape index (κ3) is 2.67. The Bertz CT molecular complexity index is 905. The second-order valence-corrected chi connectivity index (χ2v) is 7.89. The lowest BCUT2D eigenvalue weighted by atomic mass is 9.78. The number of rotatable bonds is 2. The molecule has 0 saturated carbocycles. The summed E-state index contributed by atoms with van der Waals surface area (Å²) >= 11 is 1.58. The van der Waals surface area contributed by atoms with Gasteiger partial charge in [0.2, 0.25) is 5.91 Å². The topological polar surface area (TPSA) is 62.6 Å². The molecule has 1 unspecified atom stereocenters. The zero-order chi connectivity index (χ0) is 18.3. The van der Waals surface area contributed by atoms with E-state index in [1.54, 1.807) is 35.4 Å². The summed E-state index contributed by atoms with van der Waals surface area (Å²) in [4.78, 5) is 41.5. The quantitative estimate of drug-likeness (QED) is 0.812. The number of anilines is 1. The normalized spacial score (nSPS) is 23.0. The molecule has 1 atom stereocenters. The van der Waals surface area contributed by atoms with Gasteiger partial charge in [0.1, 0.15) is 5.69 Å². The molecule has 2 fully saturated rings. The van der Waals surface area contributed by atoms with Crippen LogP contribution in [0.5, 0.6) is 0 Å². The minimum atomic E-state index is -0.497. The highest BCUT2D eigenvalue weighted by Crippen LogP contribution is 2.42. The van der Waals surface area contributed by atoms with E-state index in [9.17, 15) is 14.4 Å². The smallest absolute Gasteiger partial charge is 0.270 e. The number of piperidine rings is 1. The number of pyridine rings is 1. The Morgan fingerprint density at radius 1 is 1.15 bits per heavy atom. The second kappa shape index (κ2) is 6.39. The van der Waals surface area contributed by atoms with Gasteiger partial charge in [-0.2, -0.15) is 11.3 Å². The van der Waals surface area contributed by atoms with Gasteiger partial charge in [-0.1, -0.05) is 6.07 Å². The van der Waals surface area contributed by atoms with Crippen molar-refractivity contribution in [2.24, 2.45) is 12.5 Å². The molecule has 2 amide bonds. The molecule has 0 radical (unpaired) electrons. The summed E-state index contributed by atoms with van der Waals surface area (Å²) in [5, 5.41) is 3.96. The Labute approximate surface area is 155 Å². The first-order valence-corrected chi connectivity index (χ1v) is 9.76. The molecule has 2 aromatic heterocycles. The number of likely N-dealkylation sites (tertiary alicyclic amines) is 1. The molecule has 136 valence electrons. The van der Waals surface area contributed by atoms with E-state index in [2.05, 4.69) is 0 Å². The highest BCUT2D eigenvalue weighted by Gasteiger charge is 2.50. The lowest BCUT2D eigenvalue weighted by Gasteiger charge is -2.39. The molecule has 6 nitrogen and oxygen atoms in total. The van der Waals surface area contributed by atoms with E-state index in [0.717, 1.165) is 24.9 Å². The monoisotopic (exact) mass is 371 g/mol. The molecule has 0 aromatic carbocycles. The minimum absolute atomic E-state index is 0.121. The summed E-state index contributed by atoms with van der Waals surface area (Å²) in [7, 11) is 1.61. The predicted molar refractivity (Wildman–Crippen MR) is 101 cm³/mol. The van der Waals surface area contributed by atoms with Gasteiger partial charge in [0.05, 0.1) is 11.1 Å². The SMILES string of the molecule is Cn1c(C(=O)N2CCCC3(CCN(c4ccsc4)C3=O)C2)cccc1=O. The van der Waals surface area contributed by atoms with Crippen molar-refractivity contribution in [2.45, 2.75) is 19.3 Å². The average molecular weight is 371 g/mol. The zero-order valence-electron chi connectivity index (χ0n) is 14.7. The summed E-state index contributed by atoms with van der Waals surface area (Å²) in [6.07, 6.45) is 2.37. The molecule has 0 bridgehead atoms. The van der Waals surface area contributed by atoms with Crippen LogP contribution in [-0.4, -0.2) is 40.9 Å². The number of nitrogens with zero attached hydrogens (tertiary/aromatic N) is 3. The maximum absolute atomic E-state index is 13.1. The molecule has 7 heteroatoms. The van der Waals surface area contributed by atoms with E-state index >= 15 is 0 Å². The van der Waals surface area contributed by atoms with Crippen molar-refractivity contribution in [3.05, 3.63) is 51.1 Å². The number of hydrogen-bond acceptors (Lipinski definition) is 4. The minimum Gasteiger partial charge on any atom is -0.336 e. The van der Waals surface area contributed by atoms with Crippen molar-refractivity contribution in [3.63, 3.8) is 0 Å². The first-order chi connectivity index (χ1) is 12.5. The Morgan fingerprint density at radius 3 is 2.77 bits per heavy atom. The van der Waals surface area contributed by atoms with Gasteiger partial charge < -0.3 is 14.4 Å². The number of carbonyl (C=O) groups excluding carboxylic acids is 2. The van der Waals surface area contributed by atoms with Gasteiger partial charge in [-0.05, 0) is 36.8 Å². The number of carbonyl (C=O) groups is 2. The third-order valence-electron chi connectivity index (χ3n) is 5.60. The molecule has 1 spiro atoms. The number of hydrogen-bond donors (Lipinski definition) is 0. The van der Waals surface area contributed by atoms with Gasteiger partial charge in [-0.15, -0.1) is 0 Å². The second-order valence-electron chi connectivity index (χ2n) is 7.11. The Hall–Kier alpha value is -2.41. The van der Waals surface area contributed by atoms with Crippen LogP contribution in [0.2, 0.25) is 0 Å². The van der Waals surface area contributed by atoms with Gasteiger partial charge in [-0.3, -0.25) is 14.4 Å². The van der Waals surface area contributed by atoms with Crippen LogP contribution in [0.1, 0.15) is 29.8 Å². The van der Waals surface area contributed by atoms with Crippen LogP contribution >= 0.6 is 11.3 Å². The maximum atomic E-state index is 13.1. The molecule has 4 rings (SSSR count). The highest BCUT2D eigenvalue weighted by molar-refractivity contribution is 7.08. The number of thiophene rings is 1. The van der Waals surface area contributed by atoms with Gasteiger partial charge >= 0.3 is 0 Å². The van der Waals surface area contributed by atoms with Crippen molar-refractivity contribution in [2.75, 3.05) is 24.5 Å². The van der Waals surface area contributed by atoms with Gasteiger partial charge in [-0.25, -0.2) is 0 Å². The average Bonchev–Trinajstić information content (AvgIpc) is 3.27. The largest absolute Gasteiger partial charge is 0.336 e. The maximum Gasteiger partial charge on any atom is 0.270 e. The fourth-order valence-electron chi connectivity index (χ4n) is 4.10. The molecule has 0 aliphatic carbocycles. The summed E-state index contributed by atoms with van der Waals surface area (Å²) in [6, 6.07) is 6.67. The van der Waals surface area contributed by atoms with Crippen molar-refractivity contribution >= 4 is 28.8 Å². The number of amides is 2. The summed E-state index contributed by atoms with van der Waals surface area (Å²) in [5.74, 6) is -0.0543. The molecular formula is C19H21N3O3S. The van der Waals surface area contributed by atoms with Crippen molar-refractivity contribution in [3.8, 4) is 0 Å². The Kier molecular flexibility index (Phi) is 4.19. The van der Waals surface area contributed by atoms with Crippen LogP contribution < -0.4 is 10.5 Å². The van der Waals surface area contributed by atoms with Crippen molar-refractivity contribution in [1.29, 1.82) is 0 Å². The van der Waals surface area contributed by atoms with Crippen molar-refractivity contribution in [1.82, 2.24) is 9.47 Å². The summed E-state index contributed by atoms with van der Waals surface area (Å²) in [6.45, 7) is 1.74. The van der Waals surface area contributed by atoms with Crippen LogP contribution in [0.15, 0.2) is 39.8 Å². The predicted octanol–water partition coefficient (Wildman–Crippen LogP) is 2.11. The Morgan fingerprint density at radius 2 is 2.00 bits per heavy atom. The van der Waals surface area contributed by atoms with Crippen LogP contribution in [0.25, 0.3) is 0 Å². The first-order valence-electron chi connectivity index (χ1n) is 8.81. The lowest BCUT2D eigenvalue weighted by molar-refractivity contribution is -0.127. The molecule has 2 aliphatic rings. The van der Waals surface area contributed by atoms with E-state index in [1.807, 2.05) is 21.7 Å². The summed E-state index contributed by atoms with van der Waals surface area (Å²) in [5.41, 5.74) is 0.618. The first kappa shape index (κ1) is 17.0. The van der Waals surface area contributed by atoms with Crippen LogP contribution in [0.4, 0.5) is 5.69 Å². The lowest BCUT2D eigenvalue weighted by Crippen LogP contribution is -2.50. The van der Waals surface area contributed by atoms with E-state index < -0.39 is 5.41 Å². The van der Waals surface area contributed by atoms with Crippen LogP contribution in [0, 0.1) is 5.41 Å².